The van der Waals surface area contributed by atoms with Crippen molar-refractivity contribution in [3.05, 3.63) is 46.0 Å². The van der Waals surface area contributed by atoms with Gasteiger partial charge in [-0.25, -0.2) is 0 Å². The van der Waals surface area contributed by atoms with Gasteiger partial charge in [-0.1, -0.05) is 56.3 Å². The normalized spacial score (nSPS) is 17.6. The molecule has 0 aromatic heterocycles. The molecule has 0 aliphatic carbocycles. The van der Waals surface area contributed by atoms with Gasteiger partial charge in [-0.15, -0.1) is 0 Å². The Morgan fingerprint density at radius 1 is 1.43 bits per heavy atom. The van der Waals surface area contributed by atoms with Crippen molar-refractivity contribution >= 4 is 35.1 Å². The van der Waals surface area contributed by atoms with E-state index in [1.54, 1.807) is 17.0 Å². The summed E-state index contributed by atoms with van der Waals surface area (Å²) >= 11 is 7.38. The van der Waals surface area contributed by atoms with Gasteiger partial charge in [-0.3, -0.25) is 9.59 Å². The lowest BCUT2D eigenvalue weighted by Gasteiger charge is -2.19. The van der Waals surface area contributed by atoms with Crippen molar-refractivity contribution < 1.29 is 9.59 Å². The minimum atomic E-state index is -0.444. The zero-order valence-corrected chi connectivity index (χ0v) is 13.9. The van der Waals surface area contributed by atoms with Gasteiger partial charge in [0.25, 0.3) is 0 Å². The number of rotatable bonds is 3. The fourth-order valence-electron chi connectivity index (χ4n) is 1.85. The first-order valence-corrected chi connectivity index (χ1v) is 8.07. The molecule has 1 saturated heterocycles. The van der Waals surface area contributed by atoms with Crippen LogP contribution in [0.5, 0.6) is 0 Å². The van der Waals surface area contributed by atoms with Crippen LogP contribution in [0, 0.1) is 5.41 Å². The summed E-state index contributed by atoms with van der Waals surface area (Å²) in [5, 5.41) is 1.36. The van der Waals surface area contributed by atoms with E-state index in [2.05, 4.69) is 0 Å². The van der Waals surface area contributed by atoms with E-state index in [4.69, 9.17) is 11.6 Å². The third kappa shape index (κ3) is 4.11. The van der Waals surface area contributed by atoms with Crippen LogP contribution in [0.4, 0.5) is 0 Å². The lowest BCUT2D eigenvalue weighted by Crippen LogP contribution is -2.25. The highest BCUT2D eigenvalue weighted by molar-refractivity contribution is 8.04. The van der Waals surface area contributed by atoms with Gasteiger partial charge in [0.2, 0.25) is 5.91 Å². The molecular weight excluding hydrogens is 306 g/mol. The first-order valence-electron chi connectivity index (χ1n) is 6.71. The van der Waals surface area contributed by atoms with E-state index in [9.17, 15) is 9.59 Å². The fourth-order valence-corrected chi connectivity index (χ4v) is 3.00. The van der Waals surface area contributed by atoms with Gasteiger partial charge in [-0.05, 0) is 17.7 Å². The van der Waals surface area contributed by atoms with Crippen LogP contribution in [0.15, 0.2) is 35.4 Å². The van der Waals surface area contributed by atoms with E-state index in [0.717, 1.165) is 10.6 Å². The van der Waals surface area contributed by atoms with E-state index >= 15 is 0 Å². The van der Waals surface area contributed by atoms with Gasteiger partial charge in [-0.2, -0.15) is 0 Å². The Hall–Kier alpha value is -1.26. The highest BCUT2D eigenvalue weighted by atomic mass is 35.5. The molecule has 0 N–H and O–H groups in total. The number of ketones is 1. The third-order valence-corrected chi connectivity index (χ3v) is 4.39. The second kappa shape index (κ2) is 6.24. The standard InChI is InChI=1S/C16H18ClNO2S/c1-16(2,3)13(19)8-15-18(14(20)10-21-15)9-11-5-4-6-12(17)7-11/h4-8H,9-10H2,1-3H3/b15-8-. The largest absolute Gasteiger partial charge is 0.301 e. The van der Waals surface area contributed by atoms with Gasteiger partial charge in [0.1, 0.15) is 0 Å². The Morgan fingerprint density at radius 3 is 2.76 bits per heavy atom. The number of nitrogens with zero attached hydrogens (tertiary/aromatic N) is 1. The highest BCUT2D eigenvalue weighted by Crippen LogP contribution is 2.32. The molecule has 1 aromatic carbocycles. The van der Waals surface area contributed by atoms with E-state index < -0.39 is 5.41 Å². The number of carbonyl (C=O) groups excluding carboxylic acids is 2. The van der Waals surface area contributed by atoms with E-state index in [1.807, 2.05) is 39.0 Å². The van der Waals surface area contributed by atoms with Gasteiger partial charge >= 0.3 is 0 Å². The van der Waals surface area contributed by atoms with Crippen molar-refractivity contribution in [3.63, 3.8) is 0 Å². The molecule has 0 saturated carbocycles. The summed E-state index contributed by atoms with van der Waals surface area (Å²) in [5.74, 6) is 0.424. The third-order valence-electron chi connectivity index (χ3n) is 3.13. The summed E-state index contributed by atoms with van der Waals surface area (Å²) in [6.45, 7) is 6.05. The Morgan fingerprint density at radius 2 is 2.14 bits per heavy atom. The Bertz CT molecular complexity index is 605. The molecule has 0 spiro atoms. The van der Waals surface area contributed by atoms with Gasteiger partial charge in [0.05, 0.1) is 17.3 Å². The van der Waals surface area contributed by atoms with Crippen molar-refractivity contribution in [1.29, 1.82) is 0 Å². The number of hydrogen-bond acceptors (Lipinski definition) is 3. The predicted octanol–water partition coefficient (Wildman–Crippen LogP) is 3.87. The number of allylic oxidation sites excluding steroid dienone is 1. The summed E-state index contributed by atoms with van der Waals surface area (Å²) in [5.41, 5.74) is 0.508. The molecule has 0 unspecified atom stereocenters. The summed E-state index contributed by atoms with van der Waals surface area (Å²) in [6, 6.07) is 7.41. The first-order chi connectivity index (χ1) is 9.77. The van der Waals surface area contributed by atoms with Crippen LogP contribution in [-0.4, -0.2) is 22.3 Å². The minimum Gasteiger partial charge on any atom is -0.301 e. The molecule has 2 rings (SSSR count). The van der Waals surface area contributed by atoms with Crippen molar-refractivity contribution in [2.45, 2.75) is 27.3 Å². The highest BCUT2D eigenvalue weighted by Gasteiger charge is 2.29. The average Bonchev–Trinajstić information content (AvgIpc) is 2.70. The minimum absolute atomic E-state index is 0.0212. The van der Waals surface area contributed by atoms with Crippen LogP contribution in [-0.2, 0) is 16.1 Å². The smallest absolute Gasteiger partial charge is 0.238 e. The van der Waals surface area contributed by atoms with Crippen LogP contribution in [0.2, 0.25) is 5.02 Å². The molecular formula is C16H18ClNO2S. The molecule has 0 atom stereocenters. The Kier molecular flexibility index (Phi) is 4.79. The summed E-state index contributed by atoms with van der Waals surface area (Å²) in [7, 11) is 0. The predicted molar refractivity (Wildman–Crippen MR) is 87.0 cm³/mol. The molecule has 0 radical (unpaired) electrons. The zero-order chi connectivity index (χ0) is 15.6. The monoisotopic (exact) mass is 323 g/mol. The number of benzene rings is 1. The maximum absolute atomic E-state index is 12.1. The quantitative estimate of drug-likeness (QED) is 0.792. The second-order valence-corrected chi connectivity index (χ2v) is 7.43. The van der Waals surface area contributed by atoms with Crippen molar-refractivity contribution in [2.24, 2.45) is 5.41 Å². The maximum atomic E-state index is 12.1. The molecule has 112 valence electrons. The SMILES string of the molecule is CC(C)(C)C(=O)/C=C1\SCC(=O)N1Cc1cccc(Cl)c1. The van der Waals surface area contributed by atoms with Crippen molar-refractivity contribution in [1.82, 2.24) is 4.90 Å². The molecule has 1 amide bonds. The van der Waals surface area contributed by atoms with Crippen LogP contribution in [0.1, 0.15) is 26.3 Å². The van der Waals surface area contributed by atoms with E-state index in [0.29, 0.717) is 17.3 Å². The second-order valence-electron chi connectivity index (χ2n) is 6.00. The molecule has 1 aliphatic rings. The number of amides is 1. The van der Waals surface area contributed by atoms with Crippen molar-refractivity contribution in [3.8, 4) is 0 Å². The topological polar surface area (TPSA) is 37.4 Å². The Balaban J connectivity index is 2.21. The number of carbonyl (C=O) groups is 2. The lowest BCUT2D eigenvalue weighted by atomic mass is 9.91. The van der Waals surface area contributed by atoms with Gasteiger partial charge < -0.3 is 4.90 Å². The summed E-state index contributed by atoms with van der Waals surface area (Å²) in [4.78, 5) is 25.8. The van der Waals surface area contributed by atoms with Crippen molar-refractivity contribution in [2.75, 3.05) is 5.75 Å². The number of thioether (sulfide) groups is 1. The molecule has 0 bridgehead atoms. The average molecular weight is 324 g/mol. The Labute approximate surface area is 134 Å². The van der Waals surface area contributed by atoms with Crippen LogP contribution < -0.4 is 0 Å². The van der Waals surface area contributed by atoms with Crippen LogP contribution >= 0.6 is 23.4 Å². The number of hydrogen-bond donors (Lipinski definition) is 0. The van der Waals surface area contributed by atoms with Gasteiger partial charge in [0.15, 0.2) is 5.78 Å². The maximum Gasteiger partial charge on any atom is 0.238 e. The number of halogens is 1. The van der Waals surface area contributed by atoms with E-state index in [-0.39, 0.29) is 11.7 Å². The summed E-state index contributed by atoms with van der Waals surface area (Å²) < 4.78 is 0. The van der Waals surface area contributed by atoms with Crippen LogP contribution in [0.25, 0.3) is 0 Å². The molecule has 21 heavy (non-hydrogen) atoms. The lowest BCUT2D eigenvalue weighted by molar-refractivity contribution is -0.125. The summed E-state index contributed by atoms with van der Waals surface area (Å²) in [6.07, 6.45) is 1.58. The van der Waals surface area contributed by atoms with Crippen LogP contribution in [0.3, 0.4) is 0 Å². The zero-order valence-electron chi connectivity index (χ0n) is 12.4. The molecule has 5 heteroatoms. The molecule has 1 aromatic rings. The fraction of sp³-hybridized carbons (Fsp3) is 0.375. The van der Waals surface area contributed by atoms with Gasteiger partial charge in [0, 0.05) is 16.5 Å². The molecule has 1 heterocycles. The van der Waals surface area contributed by atoms with E-state index in [1.165, 1.54) is 11.8 Å². The molecule has 1 aliphatic heterocycles. The molecule has 3 nitrogen and oxygen atoms in total. The first kappa shape index (κ1) is 16.1. The molecule has 1 fully saturated rings.